The van der Waals surface area contributed by atoms with Crippen molar-refractivity contribution in [1.29, 1.82) is 0 Å². The zero-order chi connectivity index (χ0) is 12.0. The summed E-state index contributed by atoms with van der Waals surface area (Å²) in [6.07, 6.45) is 2.15. The van der Waals surface area contributed by atoms with Gasteiger partial charge >= 0.3 is 0 Å². The predicted molar refractivity (Wildman–Crippen MR) is 66.8 cm³/mol. The van der Waals surface area contributed by atoms with Crippen LogP contribution in [0, 0.1) is 6.92 Å². The lowest BCUT2D eigenvalue weighted by Crippen LogP contribution is -2.02. The largest absolute Gasteiger partial charge is 0.337 e. The molecule has 0 atom stereocenters. The minimum Gasteiger partial charge on any atom is -0.337 e. The van der Waals surface area contributed by atoms with E-state index in [0.717, 1.165) is 18.6 Å². The monoisotopic (exact) mass is 222 g/mol. The molecule has 0 aliphatic carbocycles. The quantitative estimate of drug-likeness (QED) is 0.407. The molecule has 0 aromatic heterocycles. The minimum absolute atomic E-state index is 0.449. The standard InChI is InChI=1S/C14H22O2/c1-5-6-9-15-16-14-10-12(4)7-8-13(14)11(2)3/h7-8,10-11H,5-6,9H2,1-4H3. The molecule has 0 heterocycles. The average molecular weight is 222 g/mol. The van der Waals surface area contributed by atoms with Crippen LogP contribution in [-0.4, -0.2) is 6.61 Å². The van der Waals surface area contributed by atoms with Crippen molar-refractivity contribution < 1.29 is 9.78 Å². The Kier molecular flexibility index (Phi) is 5.33. The molecule has 0 aliphatic heterocycles. The smallest absolute Gasteiger partial charge is 0.169 e. The Morgan fingerprint density at radius 1 is 1.25 bits per heavy atom. The van der Waals surface area contributed by atoms with E-state index in [0.29, 0.717) is 12.5 Å². The molecular formula is C14H22O2. The zero-order valence-corrected chi connectivity index (χ0v) is 10.7. The van der Waals surface area contributed by atoms with Crippen LogP contribution in [-0.2, 0) is 4.89 Å². The van der Waals surface area contributed by atoms with Crippen molar-refractivity contribution in [3.8, 4) is 5.75 Å². The van der Waals surface area contributed by atoms with Crippen LogP contribution < -0.4 is 4.89 Å². The molecule has 1 aromatic rings. The highest BCUT2D eigenvalue weighted by molar-refractivity contribution is 5.38. The average Bonchev–Trinajstić information content (AvgIpc) is 2.24. The first kappa shape index (κ1) is 13.0. The Bertz CT molecular complexity index is 319. The van der Waals surface area contributed by atoms with Gasteiger partial charge in [-0.3, -0.25) is 0 Å². The molecule has 0 unspecified atom stereocenters. The van der Waals surface area contributed by atoms with Gasteiger partial charge in [-0.05, 0) is 30.9 Å². The van der Waals surface area contributed by atoms with Crippen molar-refractivity contribution in [2.45, 2.75) is 46.5 Å². The fraction of sp³-hybridized carbons (Fsp3) is 0.571. The maximum absolute atomic E-state index is 5.38. The van der Waals surface area contributed by atoms with Gasteiger partial charge in [0.2, 0.25) is 0 Å². The summed E-state index contributed by atoms with van der Waals surface area (Å²) in [5.74, 6) is 1.30. The highest BCUT2D eigenvalue weighted by Gasteiger charge is 2.08. The molecule has 0 saturated heterocycles. The van der Waals surface area contributed by atoms with Gasteiger partial charge in [-0.1, -0.05) is 39.3 Å². The molecule has 0 fully saturated rings. The van der Waals surface area contributed by atoms with Gasteiger partial charge in [0.05, 0.1) is 6.61 Å². The summed E-state index contributed by atoms with van der Waals surface area (Å²) in [5, 5.41) is 0. The van der Waals surface area contributed by atoms with E-state index in [9.17, 15) is 0 Å². The molecule has 0 bridgehead atoms. The first-order valence-corrected chi connectivity index (χ1v) is 6.05. The number of aryl methyl sites for hydroxylation is 1. The number of hydrogen-bond acceptors (Lipinski definition) is 2. The Balaban J connectivity index is 2.65. The number of rotatable bonds is 6. The molecular weight excluding hydrogens is 200 g/mol. The van der Waals surface area contributed by atoms with Crippen LogP contribution in [0.15, 0.2) is 18.2 Å². The third-order valence-electron chi connectivity index (χ3n) is 2.52. The molecule has 90 valence electrons. The fourth-order valence-corrected chi connectivity index (χ4v) is 1.50. The summed E-state index contributed by atoms with van der Waals surface area (Å²) in [6.45, 7) is 9.16. The minimum atomic E-state index is 0.449. The second-order valence-corrected chi connectivity index (χ2v) is 4.45. The van der Waals surface area contributed by atoms with Crippen molar-refractivity contribution in [3.63, 3.8) is 0 Å². The maximum Gasteiger partial charge on any atom is 0.169 e. The van der Waals surface area contributed by atoms with E-state index in [-0.39, 0.29) is 0 Å². The second-order valence-electron chi connectivity index (χ2n) is 4.45. The third-order valence-corrected chi connectivity index (χ3v) is 2.52. The van der Waals surface area contributed by atoms with Gasteiger partial charge in [0.15, 0.2) is 5.75 Å². The molecule has 0 amide bonds. The number of hydrogen-bond donors (Lipinski definition) is 0. The van der Waals surface area contributed by atoms with Crippen LogP contribution in [0.2, 0.25) is 0 Å². The Morgan fingerprint density at radius 3 is 2.62 bits per heavy atom. The van der Waals surface area contributed by atoms with Crippen LogP contribution in [0.1, 0.15) is 50.7 Å². The normalized spacial score (nSPS) is 10.8. The first-order valence-electron chi connectivity index (χ1n) is 6.05. The molecule has 2 heteroatoms. The maximum atomic E-state index is 5.38. The lowest BCUT2D eigenvalue weighted by atomic mass is 10.0. The fourth-order valence-electron chi connectivity index (χ4n) is 1.50. The van der Waals surface area contributed by atoms with Crippen molar-refractivity contribution >= 4 is 0 Å². The summed E-state index contributed by atoms with van der Waals surface area (Å²) < 4.78 is 0. The van der Waals surface area contributed by atoms with Crippen molar-refractivity contribution in [1.82, 2.24) is 0 Å². The predicted octanol–water partition coefficient (Wildman–Crippen LogP) is 4.23. The van der Waals surface area contributed by atoms with Crippen LogP contribution in [0.4, 0.5) is 0 Å². The van der Waals surface area contributed by atoms with Crippen LogP contribution in [0.5, 0.6) is 5.75 Å². The molecule has 0 saturated carbocycles. The molecule has 16 heavy (non-hydrogen) atoms. The zero-order valence-electron chi connectivity index (χ0n) is 10.7. The second kappa shape index (κ2) is 6.54. The van der Waals surface area contributed by atoms with E-state index in [1.54, 1.807) is 0 Å². The molecule has 1 aromatic carbocycles. The lowest BCUT2D eigenvalue weighted by molar-refractivity contribution is -0.207. The van der Waals surface area contributed by atoms with Gasteiger partial charge in [-0.2, -0.15) is 4.89 Å². The van der Waals surface area contributed by atoms with E-state index in [1.165, 1.54) is 11.1 Å². The van der Waals surface area contributed by atoms with Crippen molar-refractivity contribution in [2.24, 2.45) is 0 Å². The van der Waals surface area contributed by atoms with Gasteiger partial charge in [-0.15, -0.1) is 0 Å². The summed E-state index contributed by atoms with van der Waals surface area (Å²) in [4.78, 5) is 10.6. The first-order chi connectivity index (χ1) is 7.65. The SMILES string of the molecule is CCCCOOc1cc(C)ccc1C(C)C. The lowest BCUT2D eigenvalue weighted by Gasteiger charge is -2.13. The van der Waals surface area contributed by atoms with E-state index < -0.39 is 0 Å². The summed E-state index contributed by atoms with van der Waals surface area (Å²) in [6, 6.07) is 6.24. The topological polar surface area (TPSA) is 18.5 Å². The van der Waals surface area contributed by atoms with Gasteiger partial charge in [0, 0.05) is 5.56 Å². The Morgan fingerprint density at radius 2 is 2.00 bits per heavy atom. The summed E-state index contributed by atoms with van der Waals surface area (Å²) in [5.41, 5.74) is 2.39. The van der Waals surface area contributed by atoms with Gasteiger partial charge in [0.1, 0.15) is 0 Å². The van der Waals surface area contributed by atoms with E-state index in [1.807, 2.05) is 6.07 Å². The molecule has 2 nitrogen and oxygen atoms in total. The van der Waals surface area contributed by atoms with E-state index >= 15 is 0 Å². The highest BCUT2D eigenvalue weighted by Crippen LogP contribution is 2.27. The Hall–Kier alpha value is -1.02. The molecule has 0 spiro atoms. The molecule has 1 rings (SSSR count). The molecule has 0 aliphatic rings. The van der Waals surface area contributed by atoms with Crippen LogP contribution in [0.25, 0.3) is 0 Å². The summed E-state index contributed by atoms with van der Waals surface area (Å²) in [7, 11) is 0. The number of unbranched alkanes of at least 4 members (excludes halogenated alkanes) is 1. The van der Waals surface area contributed by atoms with Gasteiger partial charge in [-0.25, -0.2) is 0 Å². The molecule has 0 radical (unpaired) electrons. The van der Waals surface area contributed by atoms with Gasteiger partial charge < -0.3 is 4.89 Å². The van der Waals surface area contributed by atoms with E-state index in [2.05, 4.69) is 39.8 Å². The highest BCUT2D eigenvalue weighted by atomic mass is 17.2. The van der Waals surface area contributed by atoms with Crippen LogP contribution in [0.3, 0.4) is 0 Å². The van der Waals surface area contributed by atoms with Crippen LogP contribution >= 0.6 is 0 Å². The molecule has 0 N–H and O–H groups in total. The summed E-state index contributed by atoms with van der Waals surface area (Å²) >= 11 is 0. The third kappa shape index (κ3) is 3.86. The van der Waals surface area contributed by atoms with Crippen molar-refractivity contribution in [2.75, 3.05) is 6.61 Å². The number of benzene rings is 1. The van der Waals surface area contributed by atoms with Gasteiger partial charge in [0.25, 0.3) is 0 Å². The Labute approximate surface area is 98.5 Å². The van der Waals surface area contributed by atoms with Crippen molar-refractivity contribution in [3.05, 3.63) is 29.3 Å². The van der Waals surface area contributed by atoms with E-state index in [4.69, 9.17) is 9.78 Å².